The van der Waals surface area contributed by atoms with E-state index >= 15 is 0 Å². The summed E-state index contributed by atoms with van der Waals surface area (Å²) in [6, 6.07) is 1.96. The van der Waals surface area contributed by atoms with Gasteiger partial charge in [0.1, 0.15) is 5.76 Å². The minimum absolute atomic E-state index is 0.00479. The molecule has 5 nitrogen and oxygen atoms in total. The number of thiophene rings is 1. The largest absolute Gasteiger partial charge is 0.441 e. The normalized spacial score (nSPS) is 15.1. The van der Waals surface area contributed by atoms with E-state index in [4.69, 9.17) is 4.42 Å². The first-order valence-electron chi connectivity index (χ1n) is 6.68. The van der Waals surface area contributed by atoms with Gasteiger partial charge in [-0.05, 0) is 18.4 Å². The van der Waals surface area contributed by atoms with Crippen LogP contribution in [0.2, 0.25) is 0 Å². The first kappa shape index (κ1) is 13.3. The van der Waals surface area contributed by atoms with Crippen LogP contribution in [0.1, 0.15) is 11.5 Å². The predicted molar refractivity (Wildman–Crippen MR) is 77.6 cm³/mol. The van der Waals surface area contributed by atoms with Gasteiger partial charge in [0.25, 0.3) is 0 Å². The molecular weight excluding hydrogens is 274 g/mol. The Balaban J connectivity index is 1.60. The van der Waals surface area contributed by atoms with Gasteiger partial charge in [0.2, 0.25) is 11.8 Å². The van der Waals surface area contributed by atoms with Gasteiger partial charge >= 0.3 is 0 Å². The van der Waals surface area contributed by atoms with Crippen LogP contribution in [0.15, 0.2) is 21.2 Å². The van der Waals surface area contributed by atoms with E-state index in [1.54, 1.807) is 11.3 Å². The molecule has 0 atom stereocenters. The second-order valence-electron chi connectivity index (χ2n) is 5.04. The first-order valence-corrected chi connectivity index (χ1v) is 7.63. The molecule has 0 aromatic carbocycles. The minimum atomic E-state index is 0.00479. The standard InChI is InChI=1S/C14H17N3O2S/c1-9-12(4-13(18)16-7-10-5-15-6-10)17-14(19-9)11-2-3-20-8-11/h2-3,8,10,15H,4-7H2,1H3,(H,16,18). The summed E-state index contributed by atoms with van der Waals surface area (Å²) in [6.45, 7) is 4.57. The maximum Gasteiger partial charge on any atom is 0.227 e. The van der Waals surface area contributed by atoms with Gasteiger partial charge in [0.15, 0.2) is 0 Å². The first-order chi connectivity index (χ1) is 9.72. The van der Waals surface area contributed by atoms with Crippen LogP contribution in [0, 0.1) is 12.8 Å². The molecular formula is C14H17N3O2S. The quantitative estimate of drug-likeness (QED) is 0.878. The molecule has 1 amide bonds. The molecule has 2 N–H and O–H groups in total. The van der Waals surface area contributed by atoms with Crippen molar-refractivity contribution < 1.29 is 9.21 Å². The number of nitrogens with one attached hydrogen (secondary N) is 2. The van der Waals surface area contributed by atoms with Crippen LogP contribution in [0.25, 0.3) is 11.5 Å². The van der Waals surface area contributed by atoms with Crippen molar-refractivity contribution in [3.05, 3.63) is 28.3 Å². The van der Waals surface area contributed by atoms with Crippen LogP contribution in [-0.2, 0) is 11.2 Å². The fourth-order valence-corrected chi connectivity index (χ4v) is 2.70. The van der Waals surface area contributed by atoms with Crippen molar-refractivity contribution in [2.45, 2.75) is 13.3 Å². The lowest BCUT2D eigenvalue weighted by molar-refractivity contribution is -0.120. The van der Waals surface area contributed by atoms with E-state index in [0.717, 1.165) is 30.9 Å². The maximum absolute atomic E-state index is 11.9. The van der Waals surface area contributed by atoms with Crippen molar-refractivity contribution in [1.29, 1.82) is 0 Å². The van der Waals surface area contributed by atoms with E-state index < -0.39 is 0 Å². The molecule has 1 fully saturated rings. The SMILES string of the molecule is Cc1oc(-c2ccsc2)nc1CC(=O)NCC1CNC1. The topological polar surface area (TPSA) is 67.2 Å². The average Bonchev–Trinajstić information content (AvgIpc) is 2.98. The highest BCUT2D eigenvalue weighted by molar-refractivity contribution is 7.08. The Morgan fingerprint density at radius 3 is 3.10 bits per heavy atom. The van der Waals surface area contributed by atoms with Gasteiger partial charge in [-0.25, -0.2) is 4.98 Å². The fourth-order valence-electron chi connectivity index (χ4n) is 2.07. The molecule has 1 aliphatic heterocycles. The zero-order valence-electron chi connectivity index (χ0n) is 11.3. The summed E-state index contributed by atoms with van der Waals surface area (Å²) >= 11 is 1.60. The lowest BCUT2D eigenvalue weighted by Gasteiger charge is -2.26. The Labute approximate surface area is 121 Å². The van der Waals surface area contributed by atoms with Crippen molar-refractivity contribution in [2.75, 3.05) is 19.6 Å². The van der Waals surface area contributed by atoms with Gasteiger partial charge in [0, 0.05) is 36.5 Å². The van der Waals surface area contributed by atoms with Crippen molar-refractivity contribution >= 4 is 17.2 Å². The Bertz CT molecular complexity index is 588. The average molecular weight is 291 g/mol. The minimum Gasteiger partial charge on any atom is -0.441 e. The van der Waals surface area contributed by atoms with Crippen LogP contribution in [-0.4, -0.2) is 30.5 Å². The molecule has 0 aliphatic carbocycles. The second kappa shape index (κ2) is 5.76. The molecule has 106 valence electrons. The number of aromatic nitrogens is 1. The van der Waals surface area contributed by atoms with E-state index in [-0.39, 0.29) is 12.3 Å². The van der Waals surface area contributed by atoms with E-state index in [0.29, 0.717) is 17.6 Å². The molecule has 3 rings (SSSR count). The molecule has 1 aliphatic rings. The Hall–Kier alpha value is -1.66. The molecule has 2 aromatic heterocycles. The molecule has 20 heavy (non-hydrogen) atoms. The zero-order valence-corrected chi connectivity index (χ0v) is 12.1. The summed E-state index contributed by atoms with van der Waals surface area (Å²) in [6.07, 6.45) is 0.277. The number of oxazole rings is 1. The van der Waals surface area contributed by atoms with Gasteiger partial charge in [-0.15, -0.1) is 0 Å². The molecule has 1 saturated heterocycles. The van der Waals surface area contributed by atoms with Gasteiger partial charge < -0.3 is 15.1 Å². The highest BCUT2D eigenvalue weighted by Crippen LogP contribution is 2.23. The molecule has 0 unspecified atom stereocenters. The van der Waals surface area contributed by atoms with Crippen molar-refractivity contribution in [1.82, 2.24) is 15.6 Å². The van der Waals surface area contributed by atoms with Crippen LogP contribution in [0.5, 0.6) is 0 Å². The van der Waals surface area contributed by atoms with Crippen molar-refractivity contribution in [3.8, 4) is 11.5 Å². The summed E-state index contributed by atoms with van der Waals surface area (Å²) in [5.41, 5.74) is 1.68. The van der Waals surface area contributed by atoms with Crippen LogP contribution in [0.4, 0.5) is 0 Å². The third-order valence-electron chi connectivity index (χ3n) is 3.44. The lowest BCUT2D eigenvalue weighted by atomic mass is 10.0. The number of nitrogens with zero attached hydrogens (tertiary/aromatic N) is 1. The van der Waals surface area contributed by atoms with Gasteiger partial charge in [-0.1, -0.05) is 0 Å². The maximum atomic E-state index is 11.9. The van der Waals surface area contributed by atoms with Gasteiger partial charge in [-0.2, -0.15) is 11.3 Å². The monoisotopic (exact) mass is 291 g/mol. The Kier molecular flexibility index (Phi) is 3.84. The molecule has 2 aromatic rings. The number of amides is 1. The third kappa shape index (κ3) is 2.91. The van der Waals surface area contributed by atoms with Crippen molar-refractivity contribution in [2.24, 2.45) is 5.92 Å². The number of carbonyl (C=O) groups is 1. The fraction of sp³-hybridized carbons (Fsp3) is 0.429. The third-order valence-corrected chi connectivity index (χ3v) is 4.13. The molecule has 0 spiro atoms. The zero-order chi connectivity index (χ0) is 13.9. The number of hydrogen-bond acceptors (Lipinski definition) is 5. The van der Waals surface area contributed by atoms with Crippen LogP contribution < -0.4 is 10.6 Å². The summed E-state index contributed by atoms with van der Waals surface area (Å²) in [5, 5.41) is 10.1. The second-order valence-corrected chi connectivity index (χ2v) is 5.82. The molecule has 0 bridgehead atoms. The van der Waals surface area contributed by atoms with Crippen LogP contribution >= 0.6 is 11.3 Å². The smallest absolute Gasteiger partial charge is 0.227 e. The number of aryl methyl sites for hydroxylation is 1. The number of hydrogen-bond donors (Lipinski definition) is 2. The number of carbonyl (C=O) groups excluding carboxylic acids is 1. The van der Waals surface area contributed by atoms with Crippen LogP contribution in [0.3, 0.4) is 0 Å². The number of rotatable bonds is 5. The molecule has 3 heterocycles. The van der Waals surface area contributed by atoms with E-state index in [1.165, 1.54) is 0 Å². The van der Waals surface area contributed by atoms with E-state index in [1.807, 2.05) is 23.8 Å². The highest BCUT2D eigenvalue weighted by atomic mass is 32.1. The van der Waals surface area contributed by atoms with Gasteiger partial charge in [0.05, 0.1) is 12.1 Å². The molecule has 0 saturated carbocycles. The van der Waals surface area contributed by atoms with Crippen molar-refractivity contribution in [3.63, 3.8) is 0 Å². The lowest BCUT2D eigenvalue weighted by Crippen LogP contribution is -2.48. The summed E-state index contributed by atoms with van der Waals surface area (Å²) < 4.78 is 5.62. The molecule has 0 radical (unpaired) electrons. The highest BCUT2D eigenvalue weighted by Gasteiger charge is 2.19. The predicted octanol–water partition coefficient (Wildman–Crippen LogP) is 1.59. The Morgan fingerprint density at radius 2 is 2.45 bits per heavy atom. The molecule has 6 heteroatoms. The Morgan fingerprint density at radius 1 is 1.60 bits per heavy atom. The summed E-state index contributed by atoms with van der Waals surface area (Å²) in [5.74, 6) is 1.88. The van der Waals surface area contributed by atoms with E-state index in [9.17, 15) is 4.79 Å². The van der Waals surface area contributed by atoms with Gasteiger partial charge in [-0.3, -0.25) is 4.79 Å². The summed E-state index contributed by atoms with van der Waals surface area (Å²) in [7, 11) is 0. The summed E-state index contributed by atoms with van der Waals surface area (Å²) in [4.78, 5) is 16.3. The van der Waals surface area contributed by atoms with E-state index in [2.05, 4.69) is 15.6 Å².